The maximum atomic E-state index is 11.1. The van der Waals surface area contributed by atoms with E-state index in [0.717, 1.165) is 0 Å². The largest absolute Gasteiger partial charge is 0.485 e. The lowest BCUT2D eigenvalue weighted by atomic mass is 9.82. The number of nitriles is 2. The number of nitrogens with two attached hydrogens (primary N) is 1. The Bertz CT molecular complexity index is 801. The molecule has 0 radical (unpaired) electrons. The van der Waals surface area contributed by atoms with Crippen molar-refractivity contribution < 1.29 is 9.84 Å². The molecule has 0 bridgehead atoms. The van der Waals surface area contributed by atoms with E-state index in [9.17, 15) is 10.4 Å². The second-order valence-electron chi connectivity index (χ2n) is 7.57. The smallest absolute Gasteiger partial charge is 0.209 e. The Kier molecular flexibility index (Phi) is 5.16. The van der Waals surface area contributed by atoms with Crippen LogP contribution < -0.4 is 10.5 Å². The molecule has 3 N–H and O–H groups in total. The van der Waals surface area contributed by atoms with Crippen LogP contribution in [0.15, 0.2) is 23.2 Å². The van der Waals surface area contributed by atoms with Crippen LogP contribution in [0.2, 0.25) is 0 Å². The molecule has 0 aromatic heterocycles. The van der Waals surface area contributed by atoms with Crippen LogP contribution in [0.4, 0.5) is 0 Å². The van der Waals surface area contributed by atoms with Crippen LogP contribution in [-0.2, 0) is 0 Å². The van der Waals surface area contributed by atoms with E-state index < -0.39 is 23.3 Å². The van der Waals surface area contributed by atoms with Crippen molar-refractivity contribution in [1.29, 1.82) is 10.5 Å². The molecule has 0 unspecified atom stereocenters. The molecule has 2 atom stereocenters. The predicted octanol–water partition coefficient (Wildman–Crippen LogP) is 2.42. The van der Waals surface area contributed by atoms with Gasteiger partial charge in [0.15, 0.2) is 0 Å². The molecule has 26 heavy (non-hydrogen) atoms. The summed E-state index contributed by atoms with van der Waals surface area (Å²) in [5, 5.41) is 29.4. The van der Waals surface area contributed by atoms with Crippen LogP contribution >= 0.6 is 0 Å². The summed E-state index contributed by atoms with van der Waals surface area (Å²) in [5.41, 5.74) is 5.85. The molecular weight excluding hydrogens is 330 g/mol. The van der Waals surface area contributed by atoms with Crippen LogP contribution in [0.25, 0.3) is 0 Å². The SMILES string of the molecule is CCC(C)(C)N(C(N)=NC#N)[C@H]1c2cc(C#N)ccc2OC(C)(C)[C@@H]1O. The Morgan fingerprint density at radius 3 is 2.62 bits per heavy atom. The summed E-state index contributed by atoms with van der Waals surface area (Å²) in [4.78, 5) is 5.48. The average Bonchev–Trinajstić information content (AvgIpc) is 2.58. The second-order valence-corrected chi connectivity index (χ2v) is 7.57. The van der Waals surface area contributed by atoms with Crippen molar-refractivity contribution in [3.63, 3.8) is 0 Å². The molecule has 0 fully saturated rings. The first-order valence-electron chi connectivity index (χ1n) is 8.51. The van der Waals surface area contributed by atoms with Crippen LogP contribution in [-0.4, -0.2) is 33.2 Å². The average molecular weight is 355 g/mol. The van der Waals surface area contributed by atoms with Crippen molar-refractivity contribution in [2.24, 2.45) is 10.7 Å². The van der Waals surface area contributed by atoms with Gasteiger partial charge in [0, 0.05) is 11.1 Å². The quantitative estimate of drug-likeness (QED) is 0.488. The molecule has 1 aromatic rings. The first-order chi connectivity index (χ1) is 12.1. The molecule has 0 saturated heterocycles. The lowest BCUT2D eigenvalue weighted by molar-refractivity contribution is -0.0944. The highest BCUT2D eigenvalue weighted by atomic mass is 16.5. The highest BCUT2D eigenvalue weighted by molar-refractivity contribution is 5.80. The zero-order chi connectivity index (χ0) is 19.7. The zero-order valence-corrected chi connectivity index (χ0v) is 15.8. The maximum absolute atomic E-state index is 11.1. The summed E-state index contributed by atoms with van der Waals surface area (Å²) in [6.45, 7) is 9.52. The van der Waals surface area contributed by atoms with Crippen molar-refractivity contribution in [1.82, 2.24) is 4.90 Å². The van der Waals surface area contributed by atoms with Crippen LogP contribution in [0, 0.1) is 22.8 Å². The number of hydrogen-bond donors (Lipinski definition) is 2. The molecule has 0 aliphatic carbocycles. The van der Waals surface area contributed by atoms with Gasteiger partial charge in [-0.25, -0.2) is 0 Å². The van der Waals surface area contributed by atoms with Crippen LogP contribution in [0.3, 0.4) is 0 Å². The van der Waals surface area contributed by atoms with Gasteiger partial charge in [-0.1, -0.05) is 6.92 Å². The summed E-state index contributed by atoms with van der Waals surface area (Å²) in [6.07, 6.45) is 1.47. The van der Waals surface area contributed by atoms with E-state index in [1.54, 1.807) is 43.1 Å². The third kappa shape index (κ3) is 3.31. The fourth-order valence-corrected chi connectivity index (χ4v) is 3.22. The topological polar surface area (TPSA) is 119 Å². The number of benzene rings is 1. The van der Waals surface area contributed by atoms with Gasteiger partial charge in [-0.3, -0.25) is 0 Å². The summed E-state index contributed by atoms with van der Waals surface area (Å²) in [5.74, 6) is 0.598. The minimum atomic E-state index is -0.956. The predicted molar refractivity (Wildman–Crippen MR) is 98.1 cm³/mol. The first kappa shape index (κ1) is 19.6. The molecule has 1 aromatic carbocycles. The van der Waals surface area contributed by atoms with Crippen LogP contribution in [0.5, 0.6) is 5.75 Å². The van der Waals surface area contributed by atoms with Crippen molar-refractivity contribution in [2.45, 2.75) is 64.3 Å². The van der Waals surface area contributed by atoms with Gasteiger partial charge < -0.3 is 20.5 Å². The first-order valence-corrected chi connectivity index (χ1v) is 8.51. The molecule has 138 valence electrons. The standard InChI is InChI=1S/C19H25N5O2/c1-6-18(2,3)24(17(22)23-11-21)15-13-9-12(10-20)7-8-14(13)26-19(4,5)16(15)25/h7-9,15-16,25H,6H2,1-5H3,(H2,22,23)/t15-,16+/m0/s1. The van der Waals surface area contributed by atoms with E-state index in [-0.39, 0.29) is 5.96 Å². The molecule has 1 aliphatic heterocycles. The van der Waals surface area contributed by atoms with Crippen molar-refractivity contribution >= 4 is 5.96 Å². The number of hydrogen-bond acceptors (Lipinski definition) is 5. The van der Waals surface area contributed by atoms with Gasteiger partial charge in [0.05, 0.1) is 17.7 Å². The van der Waals surface area contributed by atoms with Crippen molar-refractivity contribution in [3.8, 4) is 18.0 Å². The number of nitrogens with zero attached hydrogens (tertiary/aromatic N) is 4. The van der Waals surface area contributed by atoms with Crippen molar-refractivity contribution in [3.05, 3.63) is 29.3 Å². The molecule has 7 nitrogen and oxygen atoms in total. The van der Waals surface area contributed by atoms with E-state index in [1.807, 2.05) is 20.8 Å². The monoisotopic (exact) mass is 355 g/mol. The third-order valence-corrected chi connectivity index (χ3v) is 5.05. The summed E-state index contributed by atoms with van der Waals surface area (Å²) in [6, 6.07) is 6.58. The normalized spacial score (nSPS) is 21.8. The number of rotatable bonds is 3. The Labute approximate surface area is 154 Å². The van der Waals surface area contributed by atoms with Gasteiger partial charge in [0.2, 0.25) is 12.2 Å². The van der Waals surface area contributed by atoms with E-state index in [0.29, 0.717) is 23.3 Å². The van der Waals surface area contributed by atoms with Gasteiger partial charge in [0.1, 0.15) is 17.5 Å². The number of aliphatic imine (C=N–C) groups is 1. The molecule has 0 saturated carbocycles. The molecule has 1 heterocycles. The fourth-order valence-electron chi connectivity index (χ4n) is 3.22. The van der Waals surface area contributed by atoms with E-state index in [4.69, 9.17) is 15.7 Å². The number of aliphatic hydroxyl groups is 1. The summed E-state index contributed by atoms with van der Waals surface area (Å²) >= 11 is 0. The van der Waals surface area contributed by atoms with Gasteiger partial charge in [-0.2, -0.15) is 10.5 Å². The Morgan fingerprint density at radius 2 is 2.08 bits per heavy atom. The fraction of sp³-hybridized carbons (Fsp3) is 0.526. The highest BCUT2D eigenvalue weighted by Crippen LogP contribution is 2.45. The summed E-state index contributed by atoms with van der Waals surface area (Å²) in [7, 11) is 0. The van der Waals surface area contributed by atoms with Gasteiger partial charge in [-0.15, -0.1) is 4.99 Å². The number of guanidine groups is 1. The highest BCUT2D eigenvalue weighted by Gasteiger charge is 2.49. The number of ether oxygens (including phenoxy) is 1. The summed E-state index contributed by atoms with van der Waals surface area (Å²) < 4.78 is 5.97. The maximum Gasteiger partial charge on any atom is 0.209 e. The molecule has 0 spiro atoms. The van der Waals surface area contributed by atoms with Crippen molar-refractivity contribution in [2.75, 3.05) is 0 Å². The Hall–Kier alpha value is -2.77. The molecule has 1 aliphatic rings. The molecule has 0 amide bonds. The van der Waals surface area contributed by atoms with E-state index >= 15 is 0 Å². The minimum absolute atomic E-state index is 0.0226. The third-order valence-electron chi connectivity index (χ3n) is 5.05. The van der Waals surface area contributed by atoms with Gasteiger partial charge in [0.25, 0.3) is 0 Å². The number of fused-ring (bicyclic) bond motifs is 1. The van der Waals surface area contributed by atoms with Gasteiger partial charge >= 0.3 is 0 Å². The van der Waals surface area contributed by atoms with E-state index in [2.05, 4.69) is 11.1 Å². The second kappa shape index (κ2) is 6.86. The zero-order valence-electron chi connectivity index (χ0n) is 15.8. The Morgan fingerprint density at radius 1 is 1.42 bits per heavy atom. The number of aliphatic hydroxyl groups excluding tert-OH is 1. The molecule has 2 rings (SSSR count). The lowest BCUT2D eigenvalue weighted by Gasteiger charge is -2.51. The van der Waals surface area contributed by atoms with Gasteiger partial charge in [-0.05, 0) is 52.3 Å². The molecular formula is C19H25N5O2. The molecule has 7 heteroatoms. The minimum Gasteiger partial charge on any atom is -0.485 e. The van der Waals surface area contributed by atoms with Crippen LogP contribution in [0.1, 0.15) is 58.2 Å². The van der Waals surface area contributed by atoms with E-state index in [1.165, 1.54) is 0 Å². The Balaban J connectivity index is 2.76. The lowest BCUT2D eigenvalue weighted by Crippen LogP contribution is -2.61.